The first-order valence-electron chi connectivity index (χ1n) is 6.31. The molecule has 0 bridgehead atoms. The van der Waals surface area contributed by atoms with Crippen molar-refractivity contribution in [2.24, 2.45) is 0 Å². The van der Waals surface area contributed by atoms with Crippen molar-refractivity contribution in [3.8, 4) is 5.69 Å². The number of hydrogen-bond acceptors (Lipinski definition) is 3. The summed E-state index contributed by atoms with van der Waals surface area (Å²) in [4.78, 5) is 15.9. The zero-order chi connectivity index (χ0) is 14.4. The van der Waals surface area contributed by atoms with Gasteiger partial charge in [-0.25, -0.2) is 4.98 Å². The molecule has 1 aromatic heterocycles. The first-order chi connectivity index (χ1) is 9.70. The number of rotatable bonds is 6. The highest BCUT2D eigenvalue weighted by molar-refractivity contribution is 7.99. The van der Waals surface area contributed by atoms with E-state index in [2.05, 4.69) is 35.9 Å². The highest BCUT2D eigenvalue weighted by atomic mass is 32.2. The van der Waals surface area contributed by atoms with Crippen LogP contribution in [0.5, 0.6) is 0 Å². The molecule has 0 radical (unpaired) electrons. The Hall–Kier alpha value is -2.01. The van der Waals surface area contributed by atoms with Gasteiger partial charge < -0.3 is 5.32 Å². The topological polar surface area (TPSA) is 46.9 Å². The summed E-state index contributed by atoms with van der Waals surface area (Å²) in [5.74, 6) is 0.324. The molecule has 2 rings (SSSR count). The summed E-state index contributed by atoms with van der Waals surface area (Å²) in [6.45, 7) is 6.11. The molecule has 1 aromatic carbocycles. The van der Waals surface area contributed by atoms with Gasteiger partial charge in [0.1, 0.15) is 0 Å². The van der Waals surface area contributed by atoms with Crippen LogP contribution in [0, 0.1) is 6.92 Å². The molecule has 0 unspecified atom stereocenters. The molecule has 1 amide bonds. The van der Waals surface area contributed by atoms with Gasteiger partial charge in [-0.1, -0.05) is 30.0 Å². The van der Waals surface area contributed by atoms with Crippen LogP contribution in [-0.2, 0) is 4.79 Å². The smallest absolute Gasteiger partial charge is 0.230 e. The van der Waals surface area contributed by atoms with Crippen LogP contribution in [0.15, 0.2) is 54.5 Å². The number of aromatic nitrogens is 2. The number of nitrogens with one attached hydrogen (secondary N) is 1. The van der Waals surface area contributed by atoms with E-state index in [4.69, 9.17) is 0 Å². The van der Waals surface area contributed by atoms with Crippen LogP contribution in [0.4, 0.5) is 0 Å². The van der Waals surface area contributed by atoms with Crippen molar-refractivity contribution >= 4 is 17.7 Å². The molecule has 2 aromatic rings. The van der Waals surface area contributed by atoms with E-state index in [0.29, 0.717) is 12.3 Å². The summed E-state index contributed by atoms with van der Waals surface area (Å²) in [5, 5.41) is 3.56. The van der Waals surface area contributed by atoms with E-state index >= 15 is 0 Å². The van der Waals surface area contributed by atoms with Crippen molar-refractivity contribution in [1.82, 2.24) is 14.9 Å². The molecule has 0 aliphatic heterocycles. The van der Waals surface area contributed by atoms with Gasteiger partial charge in [0.2, 0.25) is 5.91 Å². The Balaban J connectivity index is 2.05. The molecule has 0 saturated heterocycles. The quantitative estimate of drug-likeness (QED) is 0.656. The van der Waals surface area contributed by atoms with Gasteiger partial charge in [0.15, 0.2) is 5.16 Å². The van der Waals surface area contributed by atoms with Gasteiger partial charge in [-0.3, -0.25) is 9.36 Å². The number of nitrogens with zero attached hydrogens (tertiary/aromatic N) is 2. The molecule has 0 aliphatic carbocycles. The van der Waals surface area contributed by atoms with Gasteiger partial charge in [-0.2, -0.15) is 0 Å². The van der Waals surface area contributed by atoms with Crippen LogP contribution in [0.1, 0.15) is 5.56 Å². The fourth-order valence-electron chi connectivity index (χ4n) is 1.74. The van der Waals surface area contributed by atoms with E-state index in [9.17, 15) is 4.79 Å². The summed E-state index contributed by atoms with van der Waals surface area (Å²) >= 11 is 1.42. The summed E-state index contributed by atoms with van der Waals surface area (Å²) in [7, 11) is 0. The van der Waals surface area contributed by atoms with E-state index in [1.165, 1.54) is 17.3 Å². The van der Waals surface area contributed by atoms with E-state index in [1.54, 1.807) is 12.3 Å². The van der Waals surface area contributed by atoms with Gasteiger partial charge in [-0.05, 0) is 24.6 Å². The lowest BCUT2D eigenvalue weighted by atomic mass is 10.2. The maximum Gasteiger partial charge on any atom is 0.230 e. The number of imidazole rings is 1. The molecule has 1 N–H and O–H groups in total. The second kappa shape index (κ2) is 6.96. The Morgan fingerprint density at radius 3 is 3.15 bits per heavy atom. The molecule has 0 aliphatic rings. The second-order valence-electron chi connectivity index (χ2n) is 4.30. The van der Waals surface area contributed by atoms with Gasteiger partial charge in [0, 0.05) is 24.6 Å². The largest absolute Gasteiger partial charge is 0.352 e. The average molecular weight is 287 g/mol. The SMILES string of the molecule is C=CCNC(=O)CSc1nccn1-c1cccc(C)c1. The number of hydrogen-bond donors (Lipinski definition) is 1. The Morgan fingerprint density at radius 1 is 1.55 bits per heavy atom. The summed E-state index contributed by atoms with van der Waals surface area (Å²) in [5.41, 5.74) is 2.24. The first kappa shape index (κ1) is 14.4. The zero-order valence-corrected chi connectivity index (χ0v) is 12.2. The molecule has 0 spiro atoms. The highest BCUT2D eigenvalue weighted by Gasteiger charge is 2.08. The van der Waals surface area contributed by atoms with Crippen molar-refractivity contribution in [3.05, 3.63) is 54.9 Å². The Morgan fingerprint density at radius 2 is 2.40 bits per heavy atom. The van der Waals surface area contributed by atoms with Crippen molar-refractivity contribution in [3.63, 3.8) is 0 Å². The lowest BCUT2D eigenvalue weighted by Crippen LogP contribution is -2.25. The van der Waals surface area contributed by atoms with Crippen molar-refractivity contribution in [1.29, 1.82) is 0 Å². The monoisotopic (exact) mass is 287 g/mol. The lowest BCUT2D eigenvalue weighted by Gasteiger charge is -2.08. The lowest BCUT2D eigenvalue weighted by molar-refractivity contribution is -0.118. The van der Waals surface area contributed by atoms with E-state index in [1.807, 2.05) is 22.9 Å². The molecular weight excluding hydrogens is 270 g/mol. The van der Waals surface area contributed by atoms with Crippen LogP contribution in [0.3, 0.4) is 0 Å². The third-order valence-electron chi connectivity index (χ3n) is 2.66. The first-order valence-corrected chi connectivity index (χ1v) is 7.30. The third-order valence-corrected chi connectivity index (χ3v) is 3.63. The minimum atomic E-state index is -0.0197. The number of aryl methyl sites for hydroxylation is 1. The molecule has 104 valence electrons. The number of amides is 1. The predicted octanol–water partition coefficient (Wildman–Crippen LogP) is 2.58. The van der Waals surface area contributed by atoms with Crippen molar-refractivity contribution in [2.75, 3.05) is 12.3 Å². The summed E-state index contributed by atoms with van der Waals surface area (Å²) < 4.78 is 1.98. The maximum atomic E-state index is 11.6. The second-order valence-corrected chi connectivity index (χ2v) is 5.24. The third kappa shape index (κ3) is 3.74. The summed E-state index contributed by atoms with van der Waals surface area (Å²) in [6, 6.07) is 8.17. The van der Waals surface area contributed by atoms with Crippen LogP contribution in [0.25, 0.3) is 5.69 Å². The molecule has 0 atom stereocenters. The fourth-order valence-corrected chi connectivity index (χ4v) is 2.54. The molecule has 0 saturated carbocycles. The molecule has 5 heteroatoms. The number of carbonyl (C=O) groups is 1. The molecule has 1 heterocycles. The van der Waals surface area contributed by atoms with Crippen molar-refractivity contribution in [2.45, 2.75) is 12.1 Å². The Bertz CT molecular complexity index is 607. The fraction of sp³-hybridized carbons (Fsp3) is 0.200. The normalized spacial score (nSPS) is 10.2. The van der Waals surface area contributed by atoms with E-state index in [-0.39, 0.29) is 5.91 Å². The van der Waals surface area contributed by atoms with Crippen LogP contribution < -0.4 is 5.32 Å². The number of carbonyl (C=O) groups excluding carboxylic acids is 1. The summed E-state index contributed by atoms with van der Waals surface area (Å²) in [6.07, 6.45) is 5.31. The number of benzene rings is 1. The minimum absolute atomic E-state index is 0.0197. The predicted molar refractivity (Wildman–Crippen MR) is 82.2 cm³/mol. The van der Waals surface area contributed by atoms with E-state index in [0.717, 1.165) is 10.8 Å². The van der Waals surface area contributed by atoms with E-state index < -0.39 is 0 Å². The Labute approximate surface area is 122 Å². The molecule has 0 fully saturated rings. The zero-order valence-electron chi connectivity index (χ0n) is 11.4. The van der Waals surface area contributed by atoms with Gasteiger partial charge >= 0.3 is 0 Å². The standard InChI is InChI=1S/C15H17N3OS/c1-3-7-16-14(19)11-20-15-17-8-9-18(15)13-6-4-5-12(2)10-13/h3-6,8-10H,1,7,11H2,2H3,(H,16,19). The maximum absolute atomic E-state index is 11.6. The molecule has 20 heavy (non-hydrogen) atoms. The van der Waals surface area contributed by atoms with Crippen LogP contribution in [0.2, 0.25) is 0 Å². The van der Waals surface area contributed by atoms with Gasteiger partial charge in [0.25, 0.3) is 0 Å². The highest BCUT2D eigenvalue weighted by Crippen LogP contribution is 2.20. The number of thioether (sulfide) groups is 1. The van der Waals surface area contributed by atoms with Crippen LogP contribution >= 0.6 is 11.8 Å². The molecular formula is C15H17N3OS. The van der Waals surface area contributed by atoms with Gasteiger partial charge in [0.05, 0.1) is 5.75 Å². The molecule has 4 nitrogen and oxygen atoms in total. The van der Waals surface area contributed by atoms with Gasteiger partial charge in [-0.15, -0.1) is 6.58 Å². The Kier molecular flexibility index (Phi) is 5.01. The minimum Gasteiger partial charge on any atom is -0.352 e. The van der Waals surface area contributed by atoms with Crippen LogP contribution in [-0.4, -0.2) is 27.8 Å². The average Bonchev–Trinajstić information content (AvgIpc) is 2.91. The van der Waals surface area contributed by atoms with Crippen molar-refractivity contribution < 1.29 is 4.79 Å².